The van der Waals surface area contributed by atoms with Gasteiger partial charge in [0.2, 0.25) is 0 Å². The van der Waals surface area contributed by atoms with Gasteiger partial charge in [-0.25, -0.2) is 4.79 Å². The van der Waals surface area contributed by atoms with E-state index >= 15 is 0 Å². The van der Waals surface area contributed by atoms with Crippen LogP contribution in [0.2, 0.25) is 4.34 Å². The van der Waals surface area contributed by atoms with Crippen molar-refractivity contribution in [3.05, 3.63) is 73.8 Å². The molecule has 1 atom stereocenters. The number of benzene rings is 1. The number of aromatic nitrogens is 1. The molecule has 9 nitrogen and oxygen atoms in total. The van der Waals surface area contributed by atoms with Gasteiger partial charge in [-0.3, -0.25) is 19.1 Å². The van der Waals surface area contributed by atoms with Crippen molar-refractivity contribution in [1.82, 2.24) is 9.88 Å². The molecule has 1 amide bonds. The van der Waals surface area contributed by atoms with E-state index in [1.807, 2.05) is 12.1 Å². The maximum atomic E-state index is 13.2. The van der Waals surface area contributed by atoms with Crippen molar-refractivity contribution in [2.24, 2.45) is 0 Å². The summed E-state index contributed by atoms with van der Waals surface area (Å²) in [6.45, 7) is 3.70. The fraction of sp³-hybridized carbons (Fsp3) is 0.393. The molecule has 3 heterocycles. The van der Waals surface area contributed by atoms with Crippen molar-refractivity contribution in [1.29, 1.82) is 0 Å². The summed E-state index contributed by atoms with van der Waals surface area (Å²) in [5, 5.41) is 11.9. The highest BCUT2D eigenvalue weighted by atomic mass is 35.5. The maximum absolute atomic E-state index is 13.2. The van der Waals surface area contributed by atoms with Gasteiger partial charge in [-0.05, 0) is 60.9 Å². The van der Waals surface area contributed by atoms with Crippen molar-refractivity contribution < 1.29 is 24.2 Å². The number of ether oxygens (including phenoxy) is 2. The topological polar surface area (TPSA) is 110 Å². The lowest BCUT2D eigenvalue weighted by molar-refractivity contribution is 0.0943. The number of carbonyl (C=O) groups is 2. The van der Waals surface area contributed by atoms with Gasteiger partial charge in [-0.15, -0.1) is 11.3 Å². The van der Waals surface area contributed by atoms with Gasteiger partial charge >= 0.3 is 6.09 Å². The van der Waals surface area contributed by atoms with Crippen LogP contribution in [0.25, 0.3) is 5.69 Å². The molecule has 0 bridgehead atoms. The van der Waals surface area contributed by atoms with E-state index in [-0.39, 0.29) is 30.1 Å². The lowest BCUT2D eigenvalue weighted by Crippen LogP contribution is -2.27. The third-order valence-corrected chi connectivity index (χ3v) is 7.58. The number of thiophene rings is 1. The summed E-state index contributed by atoms with van der Waals surface area (Å²) in [5.41, 5.74) is 2.04. The summed E-state index contributed by atoms with van der Waals surface area (Å²) >= 11 is 7.18. The highest BCUT2D eigenvalue weighted by molar-refractivity contribution is 7.18. The Balaban J connectivity index is 1.46. The van der Waals surface area contributed by atoms with Gasteiger partial charge in [-0.2, -0.15) is 0 Å². The quantitative estimate of drug-likeness (QED) is 0.216. The Morgan fingerprint density at radius 1 is 1.23 bits per heavy atom. The number of hydrogen-bond acceptors (Lipinski definition) is 8. The summed E-state index contributed by atoms with van der Waals surface area (Å²) in [5.74, 6) is 0.217. The van der Waals surface area contributed by atoms with E-state index in [0.29, 0.717) is 54.0 Å². The minimum atomic E-state index is -0.454. The molecule has 2 aromatic heterocycles. The summed E-state index contributed by atoms with van der Waals surface area (Å²) in [6.07, 6.45) is 3.09. The van der Waals surface area contributed by atoms with Crippen LogP contribution in [0.4, 0.5) is 10.5 Å². The van der Waals surface area contributed by atoms with Crippen LogP contribution in [-0.2, 0) is 11.2 Å². The van der Waals surface area contributed by atoms with E-state index in [2.05, 4.69) is 12.2 Å². The monoisotopic (exact) mass is 573 g/mol. The highest BCUT2D eigenvalue weighted by Gasteiger charge is 2.33. The van der Waals surface area contributed by atoms with Crippen LogP contribution in [0.1, 0.15) is 41.4 Å². The molecule has 0 saturated carbocycles. The van der Waals surface area contributed by atoms with E-state index in [4.69, 9.17) is 26.2 Å². The predicted molar refractivity (Wildman–Crippen MR) is 152 cm³/mol. The number of halogens is 1. The third kappa shape index (κ3) is 7.27. The molecular weight excluding hydrogens is 542 g/mol. The normalized spacial score (nSPS) is 15.0. The Bertz CT molecular complexity index is 1360. The Hall–Kier alpha value is -3.18. The molecule has 1 aliphatic rings. The Morgan fingerprint density at radius 3 is 2.82 bits per heavy atom. The van der Waals surface area contributed by atoms with Gasteiger partial charge in [0.15, 0.2) is 11.5 Å². The second-order valence-corrected chi connectivity index (χ2v) is 10.8. The zero-order valence-corrected chi connectivity index (χ0v) is 23.3. The van der Waals surface area contributed by atoms with E-state index < -0.39 is 12.2 Å². The van der Waals surface area contributed by atoms with Crippen molar-refractivity contribution in [3.63, 3.8) is 0 Å². The number of aliphatic hydroxyl groups excluding tert-OH is 1. The van der Waals surface area contributed by atoms with Crippen LogP contribution >= 0.6 is 22.9 Å². The number of anilines is 1. The molecule has 1 aliphatic heterocycles. The fourth-order valence-corrected chi connectivity index (χ4v) is 5.43. The number of ketones is 1. The number of rotatable bonds is 14. The number of nitrogens with zero attached hydrogens (tertiary/aromatic N) is 2. The van der Waals surface area contributed by atoms with Gasteiger partial charge in [0.1, 0.15) is 12.7 Å². The smallest absolute Gasteiger partial charge is 0.414 e. The summed E-state index contributed by atoms with van der Waals surface area (Å²) in [4.78, 5) is 40.5. The molecule has 4 rings (SSSR count). The Labute approximate surface area is 235 Å². The fourth-order valence-electron chi connectivity index (χ4n) is 4.42. The standard InChI is InChI=1S/C28H32ClN3O6S/c1-2-4-19-17-20(32-18-21(38-28(32)36)7-9-23(34)25-10-11-26(29)39-25)6-8-22(19)31-14-3-5-24(27(31)35)37-16-13-30-12-15-33/h3,5-6,8,10-11,14,17,21,30,33H,2,4,7,9,12-13,15-16,18H2,1H3/t21-/m0/s1. The number of Topliss-reactive ketones (excluding diaryl/α,β-unsaturated/α-hetero) is 1. The van der Waals surface area contributed by atoms with E-state index in [1.165, 1.54) is 11.3 Å². The first-order valence-corrected chi connectivity index (χ1v) is 14.2. The number of pyridine rings is 1. The molecule has 0 radical (unpaired) electrons. The Morgan fingerprint density at radius 2 is 2.08 bits per heavy atom. The first kappa shape index (κ1) is 28.8. The minimum Gasteiger partial charge on any atom is -0.487 e. The van der Waals surface area contributed by atoms with Crippen molar-refractivity contribution in [3.8, 4) is 11.4 Å². The van der Waals surface area contributed by atoms with Gasteiger partial charge in [0.05, 0.1) is 28.1 Å². The average molecular weight is 574 g/mol. The lowest BCUT2D eigenvalue weighted by atomic mass is 10.1. The number of aliphatic hydroxyl groups is 1. The SMILES string of the molecule is CCCc1cc(N2C[C@H](CCC(=O)c3ccc(Cl)s3)OC2=O)ccc1-n1cccc(OCCNCCO)c1=O. The maximum Gasteiger partial charge on any atom is 0.414 e. The first-order valence-electron chi connectivity index (χ1n) is 13.0. The van der Waals surface area contributed by atoms with Gasteiger partial charge in [0.25, 0.3) is 5.56 Å². The molecule has 11 heteroatoms. The number of hydrogen-bond donors (Lipinski definition) is 2. The van der Waals surface area contributed by atoms with Crippen molar-refractivity contribution in [2.75, 3.05) is 37.7 Å². The molecule has 1 fully saturated rings. The second-order valence-electron chi connectivity index (χ2n) is 9.11. The van der Waals surface area contributed by atoms with E-state index in [1.54, 1.807) is 46.0 Å². The molecule has 0 spiro atoms. The Kier molecular flexibility index (Phi) is 10.2. The van der Waals surface area contributed by atoms with Gasteiger partial charge in [-0.1, -0.05) is 24.9 Å². The summed E-state index contributed by atoms with van der Waals surface area (Å²) in [7, 11) is 0. The van der Waals surface area contributed by atoms with Crippen molar-refractivity contribution in [2.45, 2.75) is 38.7 Å². The first-order chi connectivity index (χ1) is 18.9. The van der Waals surface area contributed by atoms with E-state index in [0.717, 1.165) is 17.7 Å². The van der Waals surface area contributed by atoms with Crippen LogP contribution in [0, 0.1) is 0 Å². The van der Waals surface area contributed by atoms with Crippen LogP contribution in [0.15, 0.2) is 53.5 Å². The average Bonchev–Trinajstić information content (AvgIpc) is 3.53. The minimum absolute atomic E-state index is 0.0194. The number of aryl methyl sites for hydroxylation is 1. The summed E-state index contributed by atoms with van der Waals surface area (Å²) in [6, 6.07) is 12.4. The molecular formula is C28H32ClN3O6S. The van der Waals surface area contributed by atoms with Crippen LogP contribution in [0.3, 0.4) is 0 Å². The molecule has 39 heavy (non-hydrogen) atoms. The van der Waals surface area contributed by atoms with Gasteiger partial charge in [0, 0.05) is 31.4 Å². The largest absolute Gasteiger partial charge is 0.487 e. The molecule has 2 N–H and O–H groups in total. The van der Waals surface area contributed by atoms with Gasteiger partial charge < -0.3 is 19.9 Å². The molecule has 1 aromatic carbocycles. The highest BCUT2D eigenvalue weighted by Crippen LogP contribution is 2.29. The molecule has 0 unspecified atom stereocenters. The molecule has 0 aliphatic carbocycles. The predicted octanol–water partition coefficient (Wildman–Crippen LogP) is 4.45. The number of nitrogens with one attached hydrogen (secondary N) is 1. The van der Waals surface area contributed by atoms with E-state index in [9.17, 15) is 14.4 Å². The van der Waals surface area contributed by atoms with Crippen molar-refractivity contribution >= 4 is 40.5 Å². The number of carbonyl (C=O) groups excluding carboxylic acids is 2. The summed E-state index contributed by atoms with van der Waals surface area (Å²) < 4.78 is 13.3. The van der Waals surface area contributed by atoms with Crippen LogP contribution in [-0.4, -0.2) is 60.5 Å². The molecule has 208 valence electrons. The van der Waals surface area contributed by atoms with Crippen LogP contribution < -0.4 is 20.5 Å². The molecule has 3 aromatic rings. The zero-order valence-electron chi connectivity index (χ0n) is 21.7. The number of amides is 1. The molecule has 1 saturated heterocycles. The third-order valence-electron chi connectivity index (χ3n) is 6.31. The second kappa shape index (κ2) is 13.7. The van der Waals surface area contributed by atoms with Crippen LogP contribution in [0.5, 0.6) is 5.75 Å². The zero-order chi connectivity index (χ0) is 27.8. The number of cyclic esters (lactones) is 1. The lowest BCUT2D eigenvalue weighted by Gasteiger charge is -2.18.